The number of nitrogens with one attached hydrogen (secondary N) is 1. The molecule has 1 aromatic rings. The quantitative estimate of drug-likeness (QED) is 0.781. The fourth-order valence-electron chi connectivity index (χ4n) is 1.02. The Morgan fingerprint density at radius 3 is 2.88 bits per heavy atom. The summed E-state index contributed by atoms with van der Waals surface area (Å²) in [4.78, 5) is 15.2. The normalized spacial score (nSPS) is 11.0. The zero-order chi connectivity index (χ0) is 12.2. The molecular weight excluding hydrogens is 206 g/mol. The van der Waals surface area contributed by atoms with E-state index in [4.69, 9.17) is 10.5 Å². The number of hydrogen-bond donors (Lipinski definition) is 2. The van der Waals surface area contributed by atoms with Crippen molar-refractivity contribution in [1.29, 1.82) is 0 Å². The van der Waals surface area contributed by atoms with Crippen LogP contribution in [0.25, 0.3) is 0 Å². The number of amides is 1. The van der Waals surface area contributed by atoms with Crippen LogP contribution in [-0.4, -0.2) is 30.1 Å². The van der Waals surface area contributed by atoms with E-state index in [1.807, 2.05) is 13.8 Å². The molecule has 1 aromatic heterocycles. The van der Waals surface area contributed by atoms with Gasteiger partial charge < -0.3 is 15.8 Å². The second-order valence-corrected chi connectivity index (χ2v) is 4.23. The third kappa shape index (κ3) is 3.86. The molecule has 88 valence electrons. The van der Waals surface area contributed by atoms with Crippen molar-refractivity contribution in [2.24, 2.45) is 5.73 Å². The van der Waals surface area contributed by atoms with Gasteiger partial charge in [0.1, 0.15) is 18.1 Å². The minimum Gasteiger partial charge on any atom is -0.492 e. The first-order valence-electron chi connectivity index (χ1n) is 5.02. The molecule has 0 saturated carbocycles. The van der Waals surface area contributed by atoms with Gasteiger partial charge in [-0.1, -0.05) is 0 Å². The summed E-state index contributed by atoms with van der Waals surface area (Å²) in [5.41, 5.74) is 5.71. The number of carbonyl (C=O) groups excluding carboxylic acids is 1. The average molecular weight is 223 g/mol. The molecule has 0 aliphatic heterocycles. The summed E-state index contributed by atoms with van der Waals surface area (Å²) in [7, 11) is 1.56. The smallest absolute Gasteiger partial charge is 0.269 e. The predicted molar refractivity (Wildman–Crippen MR) is 61.4 cm³/mol. The standard InChI is InChI=1S/C11H17N3O2/c1-11(2,12)7-16-8-4-5-14-9(6-8)10(15)13-3/h4-6H,7,12H2,1-3H3,(H,13,15). The molecule has 3 N–H and O–H groups in total. The lowest BCUT2D eigenvalue weighted by molar-refractivity contribution is 0.0957. The molecule has 0 fully saturated rings. The fourth-order valence-corrected chi connectivity index (χ4v) is 1.02. The highest BCUT2D eigenvalue weighted by Crippen LogP contribution is 2.12. The number of hydrogen-bond acceptors (Lipinski definition) is 4. The fraction of sp³-hybridized carbons (Fsp3) is 0.455. The first kappa shape index (κ1) is 12.4. The van der Waals surface area contributed by atoms with Crippen molar-refractivity contribution >= 4 is 5.91 Å². The molecule has 1 amide bonds. The van der Waals surface area contributed by atoms with Crippen LogP contribution in [0.1, 0.15) is 24.3 Å². The summed E-state index contributed by atoms with van der Waals surface area (Å²) in [5, 5.41) is 2.50. The Morgan fingerprint density at radius 2 is 2.31 bits per heavy atom. The molecule has 0 atom stereocenters. The van der Waals surface area contributed by atoms with Crippen LogP contribution >= 0.6 is 0 Å². The van der Waals surface area contributed by atoms with Crippen LogP contribution in [0, 0.1) is 0 Å². The first-order chi connectivity index (χ1) is 7.42. The minimum atomic E-state index is -0.406. The van der Waals surface area contributed by atoms with Crippen LogP contribution in [0.5, 0.6) is 5.75 Å². The summed E-state index contributed by atoms with van der Waals surface area (Å²) in [5.74, 6) is 0.351. The third-order valence-electron chi connectivity index (χ3n) is 1.80. The maximum atomic E-state index is 11.3. The van der Waals surface area contributed by atoms with E-state index in [0.29, 0.717) is 18.1 Å². The van der Waals surface area contributed by atoms with Gasteiger partial charge in [-0.2, -0.15) is 0 Å². The van der Waals surface area contributed by atoms with Crippen LogP contribution in [0.3, 0.4) is 0 Å². The van der Waals surface area contributed by atoms with Crippen LogP contribution in [0.15, 0.2) is 18.3 Å². The zero-order valence-electron chi connectivity index (χ0n) is 9.78. The van der Waals surface area contributed by atoms with E-state index in [0.717, 1.165) is 0 Å². The van der Waals surface area contributed by atoms with Crippen LogP contribution in [-0.2, 0) is 0 Å². The molecule has 1 rings (SSSR count). The van der Waals surface area contributed by atoms with Gasteiger partial charge in [0, 0.05) is 24.8 Å². The van der Waals surface area contributed by atoms with Crippen LogP contribution < -0.4 is 15.8 Å². The van der Waals surface area contributed by atoms with E-state index in [1.54, 1.807) is 19.2 Å². The van der Waals surface area contributed by atoms with E-state index in [9.17, 15) is 4.79 Å². The van der Waals surface area contributed by atoms with Gasteiger partial charge in [0.05, 0.1) is 0 Å². The topological polar surface area (TPSA) is 77.2 Å². The van der Waals surface area contributed by atoms with Crippen molar-refractivity contribution in [2.45, 2.75) is 19.4 Å². The maximum absolute atomic E-state index is 11.3. The Hall–Kier alpha value is -1.62. The SMILES string of the molecule is CNC(=O)c1cc(OCC(C)(C)N)ccn1. The third-order valence-corrected chi connectivity index (χ3v) is 1.80. The van der Waals surface area contributed by atoms with Crippen molar-refractivity contribution in [1.82, 2.24) is 10.3 Å². The Labute approximate surface area is 95.0 Å². The molecule has 16 heavy (non-hydrogen) atoms. The van der Waals surface area contributed by atoms with E-state index >= 15 is 0 Å². The molecule has 0 bridgehead atoms. The number of nitrogens with zero attached hydrogens (tertiary/aromatic N) is 1. The lowest BCUT2D eigenvalue weighted by atomic mass is 10.1. The molecule has 0 aromatic carbocycles. The molecule has 0 spiro atoms. The molecule has 1 heterocycles. The number of nitrogens with two attached hydrogens (primary N) is 1. The molecule has 0 aliphatic rings. The number of rotatable bonds is 4. The summed E-state index contributed by atoms with van der Waals surface area (Å²) >= 11 is 0. The number of ether oxygens (including phenoxy) is 1. The van der Waals surface area contributed by atoms with Gasteiger partial charge in [0.15, 0.2) is 0 Å². The first-order valence-corrected chi connectivity index (χ1v) is 5.02. The van der Waals surface area contributed by atoms with Crippen LogP contribution in [0.2, 0.25) is 0 Å². The molecule has 0 saturated heterocycles. The second-order valence-electron chi connectivity index (χ2n) is 4.23. The molecule has 0 aliphatic carbocycles. The monoisotopic (exact) mass is 223 g/mol. The number of aromatic nitrogens is 1. The van der Waals surface area contributed by atoms with Crippen LogP contribution in [0.4, 0.5) is 0 Å². The molecule has 5 nitrogen and oxygen atoms in total. The summed E-state index contributed by atoms with van der Waals surface area (Å²) in [6.45, 7) is 4.12. The Balaban J connectivity index is 2.71. The van der Waals surface area contributed by atoms with Gasteiger partial charge in [0.25, 0.3) is 5.91 Å². The summed E-state index contributed by atoms with van der Waals surface area (Å²) in [6.07, 6.45) is 1.53. The van der Waals surface area contributed by atoms with Gasteiger partial charge in [-0.3, -0.25) is 9.78 Å². The van der Waals surface area contributed by atoms with Gasteiger partial charge >= 0.3 is 0 Å². The lowest BCUT2D eigenvalue weighted by Gasteiger charge is -2.18. The highest BCUT2D eigenvalue weighted by atomic mass is 16.5. The molecular formula is C11H17N3O2. The Bertz CT molecular complexity index is 372. The van der Waals surface area contributed by atoms with E-state index in [2.05, 4.69) is 10.3 Å². The maximum Gasteiger partial charge on any atom is 0.269 e. The summed E-state index contributed by atoms with van der Waals surface area (Å²) < 4.78 is 5.46. The number of carbonyl (C=O) groups is 1. The van der Waals surface area contributed by atoms with Crippen molar-refractivity contribution in [3.05, 3.63) is 24.0 Å². The zero-order valence-corrected chi connectivity index (χ0v) is 9.78. The highest BCUT2D eigenvalue weighted by molar-refractivity contribution is 5.92. The van der Waals surface area contributed by atoms with Gasteiger partial charge in [-0.05, 0) is 19.9 Å². The second kappa shape index (κ2) is 4.94. The predicted octanol–water partition coefficient (Wildman–Crippen LogP) is 0.557. The van der Waals surface area contributed by atoms with Gasteiger partial charge in [0.2, 0.25) is 0 Å². The van der Waals surface area contributed by atoms with Crippen molar-refractivity contribution < 1.29 is 9.53 Å². The minimum absolute atomic E-state index is 0.238. The Kier molecular flexibility index (Phi) is 3.84. The molecule has 5 heteroatoms. The van der Waals surface area contributed by atoms with Crippen molar-refractivity contribution in [3.63, 3.8) is 0 Å². The van der Waals surface area contributed by atoms with Gasteiger partial charge in [-0.15, -0.1) is 0 Å². The van der Waals surface area contributed by atoms with E-state index < -0.39 is 5.54 Å². The lowest BCUT2D eigenvalue weighted by Crippen LogP contribution is -2.38. The van der Waals surface area contributed by atoms with Gasteiger partial charge in [-0.25, -0.2) is 0 Å². The average Bonchev–Trinajstić information content (AvgIpc) is 2.25. The molecule has 0 unspecified atom stereocenters. The Morgan fingerprint density at radius 1 is 1.62 bits per heavy atom. The van der Waals surface area contributed by atoms with E-state index in [1.165, 1.54) is 6.20 Å². The van der Waals surface area contributed by atoms with Crippen molar-refractivity contribution in [3.8, 4) is 5.75 Å². The molecule has 0 radical (unpaired) electrons. The highest BCUT2D eigenvalue weighted by Gasteiger charge is 2.12. The summed E-state index contributed by atoms with van der Waals surface area (Å²) in [6, 6.07) is 3.28. The van der Waals surface area contributed by atoms with Crippen molar-refractivity contribution in [2.75, 3.05) is 13.7 Å². The number of pyridine rings is 1. The largest absolute Gasteiger partial charge is 0.492 e. The van der Waals surface area contributed by atoms with E-state index in [-0.39, 0.29) is 5.91 Å².